The molecular weight excluding hydrogens is 309 g/mol. The fourth-order valence-corrected chi connectivity index (χ4v) is 2.05. The molecule has 110 valence electrons. The molecule has 5 heteroatoms. The lowest BCUT2D eigenvalue weighted by molar-refractivity contribution is -0.123. The Bertz CT molecular complexity index is 597. The molecule has 0 aliphatic heterocycles. The average Bonchev–Trinajstić information content (AvgIpc) is 2.47. The fourth-order valence-electron chi connectivity index (χ4n) is 1.80. The maximum Gasteiger partial charge on any atom is 0.258 e. The highest BCUT2D eigenvalue weighted by Gasteiger charge is 2.10. The van der Waals surface area contributed by atoms with E-state index in [9.17, 15) is 4.79 Å². The Kier molecular flexibility index (Phi) is 5.48. The van der Waals surface area contributed by atoms with E-state index in [4.69, 9.17) is 27.9 Å². The summed E-state index contributed by atoms with van der Waals surface area (Å²) in [5, 5.41) is 4.16. The molecule has 0 radical (unpaired) electrons. The lowest BCUT2D eigenvalue weighted by Gasteiger charge is -2.14. The second kappa shape index (κ2) is 7.34. The van der Waals surface area contributed by atoms with Crippen LogP contribution >= 0.6 is 23.2 Å². The van der Waals surface area contributed by atoms with Gasteiger partial charge in [-0.2, -0.15) is 0 Å². The van der Waals surface area contributed by atoms with Crippen molar-refractivity contribution in [2.75, 3.05) is 6.61 Å². The standard InChI is InChI=1S/C16H15Cl2NO2/c1-11(12-2-4-13(17)5-3-12)19-16(20)10-21-15-8-6-14(18)7-9-15/h2-9,11H,10H2,1H3,(H,19,20)/t11-/m0/s1. The van der Waals surface area contributed by atoms with E-state index < -0.39 is 0 Å². The molecule has 1 amide bonds. The number of hydrogen-bond donors (Lipinski definition) is 1. The number of carbonyl (C=O) groups is 1. The van der Waals surface area contributed by atoms with Crippen LogP contribution in [0.1, 0.15) is 18.5 Å². The van der Waals surface area contributed by atoms with Gasteiger partial charge in [0.1, 0.15) is 5.75 Å². The Balaban J connectivity index is 1.83. The first-order valence-electron chi connectivity index (χ1n) is 6.48. The molecule has 2 aromatic rings. The van der Waals surface area contributed by atoms with E-state index in [1.165, 1.54) is 0 Å². The van der Waals surface area contributed by atoms with Crippen LogP contribution in [-0.2, 0) is 4.79 Å². The molecule has 3 nitrogen and oxygen atoms in total. The minimum absolute atomic E-state index is 0.0421. The van der Waals surface area contributed by atoms with Crippen molar-refractivity contribution >= 4 is 29.1 Å². The second-order valence-electron chi connectivity index (χ2n) is 4.58. The zero-order chi connectivity index (χ0) is 15.2. The summed E-state index contributed by atoms with van der Waals surface area (Å²) < 4.78 is 5.39. The summed E-state index contributed by atoms with van der Waals surface area (Å²) in [6, 6.07) is 14.1. The van der Waals surface area contributed by atoms with Crippen molar-refractivity contribution in [2.45, 2.75) is 13.0 Å². The van der Waals surface area contributed by atoms with Gasteiger partial charge < -0.3 is 10.1 Å². The summed E-state index contributed by atoms with van der Waals surface area (Å²) in [5.74, 6) is 0.418. The molecule has 1 atom stereocenters. The Morgan fingerprint density at radius 3 is 2.14 bits per heavy atom. The van der Waals surface area contributed by atoms with Gasteiger partial charge in [-0.25, -0.2) is 0 Å². The van der Waals surface area contributed by atoms with Crippen molar-refractivity contribution in [3.05, 3.63) is 64.1 Å². The van der Waals surface area contributed by atoms with Crippen molar-refractivity contribution in [3.8, 4) is 5.75 Å². The van der Waals surface area contributed by atoms with Crippen LogP contribution in [0.3, 0.4) is 0 Å². The van der Waals surface area contributed by atoms with Crippen molar-refractivity contribution in [1.82, 2.24) is 5.32 Å². The first kappa shape index (κ1) is 15.7. The number of ether oxygens (including phenoxy) is 1. The molecule has 1 N–H and O–H groups in total. The Morgan fingerprint density at radius 2 is 1.57 bits per heavy atom. The van der Waals surface area contributed by atoms with E-state index in [0.717, 1.165) is 5.56 Å². The van der Waals surface area contributed by atoms with Crippen LogP contribution in [0.5, 0.6) is 5.75 Å². The first-order chi connectivity index (χ1) is 10.0. The summed E-state index contributed by atoms with van der Waals surface area (Å²) in [5.41, 5.74) is 0.985. The van der Waals surface area contributed by atoms with Gasteiger partial charge in [-0.1, -0.05) is 35.3 Å². The van der Waals surface area contributed by atoms with Crippen molar-refractivity contribution in [3.63, 3.8) is 0 Å². The minimum atomic E-state index is -0.188. The normalized spacial score (nSPS) is 11.8. The van der Waals surface area contributed by atoms with Crippen molar-refractivity contribution in [1.29, 1.82) is 0 Å². The summed E-state index contributed by atoms with van der Waals surface area (Å²) in [6.45, 7) is 1.86. The van der Waals surface area contributed by atoms with Crippen LogP contribution in [0.15, 0.2) is 48.5 Å². The molecule has 21 heavy (non-hydrogen) atoms. The van der Waals surface area contributed by atoms with Gasteiger partial charge in [0, 0.05) is 10.0 Å². The van der Waals surface area contributed by atoms with E-state index >= 15 is 0 Å². The number of carbonyl (C=O) groups excluding carboxylic acids is 1. The zero-order valence-electron chi connectivity index (χ0n) is 11.5. The molecule has 0 fully saturated rings. The third-order valence-corrected chi connectivity index (χ3v) is 3.44. The maximum absolute atomic E-state index is 11.8. The fraction of sp³-hybridized carbons (Fsp3) is 0.188. The van der Waals surface area contributed by atoms with Gasteiger partial charge in [-0.05, 0) is 48.9 Å². The highest BCUT2D eigenvalue weighted by Crippen LogP contribution is 2.17. The third-order valence-electron chi connectivity index (χ3n) is 2.93. The summed E-state index contributed by atoms with van der Waals surface area (Å²) in [7, 11) is 0. The lowest BCUT2D eigenvalue weighted by atomic mass is 10.1. The van der Waals surface area contributed by atoms with E-state index in [1.807, 2.05) is 19.1 Å². The average molecular weight is 324 g/mol. The quantitative estimate of drug-likeness (QED) is 0.893. The summed E-state index contributed by atoms with van der Waals surface area (Å²) >= 11 is 11.6. The predicted octanol–water partition coefficient (Wildman–Crippen LogP) is 4.25. The van der Waals surface area contributed by atoms with Gasteiger partial charge in [-0.3, -0.25) is 4.79 Å². The molecule has 0 saturated heterocycles. The molecule has 0 heterocycles. The molecule has 0 aliphatic rings. The van der Waals surface area contributed by atoms with E-state index in [-0.39, 0.29) is 18.6 Å². The summed E-state index contributed by atoms with van der Waals surface area (Å²) in [6.07, 6.45) is 0. The number of nitrogens with one attached hydrogen (secondary N) is 1. The second-order valence-corrected chi connectivity index (χ2v) is 5.46. The van der Waals surface area contributed by atoms with Gasteiger partial charge in [-0.15, -0.1) is 0 Å². The molecule has 0 spiro atoms. The maximum atomic E-state index is 11.8. The first-order valence-corrected chi connectivity index (χ1v) is 7.23. The molecule has 2 rings (SSSR count). The highest BCUT2D eigenvalue weighted by atomic mass is 35.5. The molecule has 0 saturated carbocycles. The third kappa shape index (κ3) is 4.96. The molecule has 2 aromatic carbocycles. The largest absolute Gasteiger partial charge is 0.484 e. The zero-order valence-corrected chi connectivity index (χ0v) is 13.0. The molecule has 0 unspecified atom stereocenters. The topological polar surface area (TPSA) is 38.3 Å². The van der Waals surface area contributed by atoms with Gasteiger partial charge in [0.15, 0.2) is 6.61 Å². The molecular formula is C16H15Cl2NO2. The van der Waals surface area contributed by atoms with Crippen LogP contribution in [0.2, 0.25) is 10.0 Å². The molecule has 0 bridgehead atoms. The number of halogens is 2. The van der Waals surface area contributed by atoms with E-state index in [2.05, 4.69) is 5.32 Å². The summed E-state index contributed by atoms with van der Waals surface area (Å²) in [4.78, 5) is 11.8. The van der Waals surface area contributed by atoms with Crippen molar-refractivity contribution in [2.24, 2.45) is 0 Å². The van der Waals surface area contributed by atoms with E-state index in [0.29, 0.717) is 15.8 Å². The van der Waals surface area contributed by atoms with Gasteiger partial charge >= 0.3 is 0 Å². The van der Waals surface area contributed by atoms with Crippen LogP contribution in [0.4, 0.5) is 0 Å². The van der Waals surface area contributed by atoms with Crippen LogP contribution < -0.4 is 10.1 Å². The lowest BCUT2D eigenvalue weighted by Crippen LogP contribution is -2.31. The van der Waals surface area contributed by atoms with Gasteiger partial charge in [0.2, 0.25) is 0 Å². The highest BCUT2D eigenvalue weighted by molar-refractivity contribution is 6.30. The van der Waals surface area contributed by atoms with Gasteiger partial charge in [0.05, 0.1) is 6.04 Å². The van der Waals surface area contributed by atoms with Crippen LogP contribution in [0.25, 0.3) is 0 Å². The predicted molar refractivity (Wildman–Crippen MR) is 85.0 cm³/mol. The van der Waals surface area contributed by atoms with Crippen LogP contribution in [-0.4, -0.2) is 12.5 Å². The SMILES string of the molecule is C[C@H](NC(=O)COc1ccc(Cl)cc1)c1ccc(Cl)cc1. The van der Waals surface area contributed by atoms with Crippen LogP contribution in [0, 0.1) is 0 Å². The Hall–Kier alpha value is -1.71. The number of rotatable bonds is 5. The smallest absolute Gasteiger partial charge is 0.258 e. The molecule has 0 aromatic heterocycles. The monoisotopic (exact) mass is 323 g/mol. The number of amides is 1. The molecule has 0 aliphatic carbocycles. The van der Waals surface area contributed by atoms with Crippen molar-refractivity contribution < 1.29 is 9.53 Å². The minimum Gasteiger partial charge on any atom is -0.484 e. The van der Waals surface area contributed by atoms with Gasteiger partial charge in [0.25, 0.3) is 5.91 Å². The Labute approximate surface area is 133 Å². The Morgan fingerprint density at radius 1 is 1.05 bits per heavy atom. The van der Waals surface area contributed by atoms with E-state index in [1.54, 1.807) is 36.4 Å². The number of hydrogen-bond acceptors (Lipinski definition) is 2. The number of benzene rings is 2.